The van der Waals surface area contributed by atoms with Crippen molar-refractivity contribution in [3.05, 3.63) is 30.1 Å². The number of rotatable bonds is 4. The Bertz CT molecular complexity index is 868. The topological polar surface area (TPSA) is 58.1 Å². The van der Waals surface area contributed by atoms with Crippen LogP contribution in [0.25, 0.3) is 10.9 Å². The van der Waals surface area contributed by atoms with Crippen LogP contribution in [0, 0.1) is 5.41 Å². The first-order valence-corrected chi connectivity index (χ1v) is 9.48. The molecule has 2 heterocycles. The van der Waals surface area contributed by atoms with Crippen molar-refractivity contribution in [3.8, 4) is 0 Å². The van der Waals surface area contributed by atoms with Crippen molar-refractivity contribution in [1.29, 1.82) is 0 Å². The lowest BCUT2D eigenvalue weighted by Gasteiger charge is -2.39. The lowest BCUT2D eigenvalue weighted by Crippen LogP contribution is -2.50. The summed E-state index contributed by atoms with van der Waals surface area (Å²) in [4.78, 5) is 23.2. The minimum absolute atomic E-state index is 0.0500. The van der Waals surface area contributed by atoms with E-state index in [1.54, 1.807) is 6.07 Å². The van der Waals surface area contributed by atoms with Crippen LogP contribution in [0.15, 0.2) is 24.5 Å². The third kappa shape index (κ3) is 3.47. The molecule has 1 amide bonds. The fraction of sp³-hybridized carbons (Fsp3) is 0.550. The van der Waals surface area contributed by atoms with Crippen LogP contribution in [-0.4, -0.2) is 39.4 Å². The van der Waals surface area contributed by atoms with Crippen LogP contribution in [-0.2, 0) is 4.79 Å². The molecule has 7 heteroatoms. The predicted molar refractivity (Wildman–Crippen MR) is 99.7 cm³/mol. The summed E-state index contributed by atoms with van der Waals surface area (Å²) in [6.45, 7) is 4.74. The molecule has 1 saturated heterocycles. The molecular weight excluding hydrogens is 350 g/mol. The summed E-state index contributed by atoms with van der Waals surface area (Å²) in [5.41, 5.74) is 0.859. The van der Waals surface area contributed by atoms with E-state index in [0.29, 0.717) is 22.1 Å². The van der Waals surface area contributed by atoms with E-state index >= 15 is 0 Å². The highest BCUT2D eigenvalue weighted by atomic mass is 19.3. The van der Waals surface area contributed by atoms with Gasteiger partial charge < -0.3 is 10.2 Å². The second-order valence-corrected chi connectivity index (χ2v) is 8.00. The molecule has 1 N–H and O–H groups in total. The van der Waals surface area contributed by atoms with Gasteiger partial charge in [-0.2, -0.15) is 0 Å². The molecule has 5 nitrogen and oxygen atoms in total. The summed E-state index contributed by atoms with van der Waals surface area (Å²) in [7, 11) is 0. The monoisotopic (exact) mass is 374 g/mol. The van der Waals surface area contributed by atoms with Crippen molar-refractivity contribution in [2.24, 2.45) is 5.41 Å². The van der Waals surface area contributed by atoms with Gasteiger partial charge in [0.2, 0.25) is 5.91 Å². The zero-order chi connectivity index (χ0) is 19.2. The highest BCUT2D eigenvalue weighted by Crippen LogP contribution is 2.55. The number of piperidine rings is 1. The molecule has 0 unspecified atom stereocenters. The van der Waals surface area contributed by atoms with Crippen LogP contribution in [0.3, 0.4) is 0 Å². The van der Waals surface area contributed by atoms with Gasteiger partial charge in [-0.25, -0.2) is 18.7 Å². The lowest BCUT2D eigenvalue weighted by molar-refractivity contribution is -0.135. The van der Waals surface area contributed by atoms with Gasteiger partial charge in [0.15, 0.2) is 0 Å². The summed E-state index contributed by atoms with van der Waals surface area (Å²) in [6, 6.07) is 4.11. The smallest absolute Gasteiger partial charge is 0.263 e. The largest absolute Gasteiger partial charge is 0.358 e. The van der Waals surface area contributed by atoms with E-state index in [4.69, 9.17) is 0 Å². The van der Waals surface area contributed by atoms with Gasteiger partial charge >= 0.3 is 0 Å². The Hall–Kier alpha value is -2.31. The summed E-state index contributed by atoms with van der Waals surface area (Å²) >= 11 is 0. The first kappa shape index (κ1) is 18.1. The molecule has 1 spiro atoms. The molecule has 0 radical (unpaired) electrons. The molecule has 1 aliphatic carbocycles. The molecule has 27 heavy (non-hydrogen) atoms. The molecule has 2 aromatic rings. The Labute approximate surface area is 157 Å². The third-order valence-electron chi connectivity index (χ3n) is 6.02. The molecular formula is C20H24F2N4O. The van der Waals surface area contributed by atoms with Crippen LogP contribution in [0.4, 0.5) is 14.6 Å². The van der Waals surface area contributed by atoms with Crippen LogP contribution in [0.2, 0.25) is 0 Å². The fourth-order valence-electron chi connectivity index (χ4n) is 4.22. The van der Waals surface area contributed by atoms with Crippen molar-refractivity contribution in [2.75, 3.05) is 11.9 Å². The van der Waals surface area contributed by atoms with Crippen LogP contribution in [0.5, 0.6) is 0 Å². The molecule has 4 rings (SSSR count). The fourth-order valence-corrected chi connectivity index (χ4v) is 4.22. The maximum absolute atomic E-state index is 12.9. The maximum Gasteiger partial charge on any atom is 0.263 e. The Morgan fingerprint density at radius 1 is 1.30 bits per heavy atom. The highest BCUT2D eigenvalue weighted by Gasteiger charge is 2.48. The second-order valence-electron chi connectivity index (χ2n) is 8.00. The molecule has 1 aliphatic heterocycles. The molecule has 1 aromatic heterocycles. The van der Waals surface area contributed by atoms with Gasteiger partial charge in [-0.05, 0) is 57.1 Å². The van der Waals surface area contributed by atoms with Crippen molar-refractivity contribution >= 4 is 22.6 Å². The van der Waals surface area contributed by atoms with Crippen LogP contribution < -0.4 is 5.32 Å². The van der Waals surface area contributed by atoms with Crippen molar-refractivity contribution in [2.45, 2.75) is 58.0 Å². The van der Waals surface area contributed by atoms with Gasteiger partial charge in [-0.3, -0.25) is 4.79 Å². The van der Waals surface area contributed by atoms with Gasteiger partial charge in [0.05, 0.1) is 5.52 Å². The van der Waals surface area contributed by atoms with Crippen LogP contribution in [0.1, 0.15) is 51.5 Å². The third-order valence-corrected chi connectivity index (χ3v) is 6.02. The normalized spacial score (nSPS) is 22.3. The average Bonchev–Trinajstić information content (AvgIpc) is 3.39. The number of carbonyl (C=O) groups excluding carboxylic acids is 1. The Kier molecular flexibility index (Phi) is 4.48. The molecule has 0 bridgehead atoms. The summed E-state index contributed by atoms with van der Waals surface area (Å²) in [6.07, 6.45) is 3.54. The number of carbonyl (C=O) groups is 1. The molecule has 1 saturated carbocycles. The number of fused-ring (bicyclic) bond motifs is 1. The van der Waals surface area contributed by atoms with Gasteiger partial charge in [0, 0.05) is 23.5 Å². The van der Waals surface area contributed by atoms with Crippen LogP contribution >= 0.6 is 0 Å². The average molecular weight is 374 g/mol. The van der Waals surface area contributed by atoms with Gasteiger partial charge in [0.25, 0.3) is 6.43 Å². The van der Waals surface area contributed by atoms with E-state index in [0.717, 1.165) is 19.4 Å². The number of halogens is 2. The van der Waals surface area contributed by atoms with E-state index < -0.39 is 12.5 Å². The van der Waals surface area contributed by atoms with E-state index in [1.807, 2.05) is 11.8 Å². The minimum atomic E-state index is -2.54. The Balaban J connectivity index is 1.50. The maximum atomic E-state index is 12.9. The number of hydrogen-bond acceptors (Lipinski definition) is 4. The lowest BCUT2D eigenvalue weighted by atomic mass is 9.88. The second kappa shape index (κ2) is 6.69. The highest BCUT2D eigenvalue weighted by molar-refractivity contribution is 5.92. The Morgan fingerprint density at radius 3 is 2.74 bits per heavy atom. The number of anilines is 1. The number of nitrogens with zero attached hydrogens (tertiary/aromatic N) is 3. The van der Waals surface area contributed by atoms with Gasteiger partial charge in [-0.1, -0.05) is 6.07 Å². The first-order chi connectivity index (χ1) is 12.9. The number of benzene rings is 1. The molecule has 2 atom stereocenters. The number of amides is 1. The SMILES string of the molecule is C[C@@H]1CC2(CCN1C(=O)[C@@H](C)Nc1ncnc3cc(C(F)F)ccc13)CC2. The van der Waals surface area contributed by atoms with Gasteiger partial charge in [-0.15, -0.1) is 0 Å². The number of likely N-dealkylation sites (tertiary alicyclic amines) is 1. The summed E-state index contributed by atoms with van der Waals surface area (Å²) in [5.74, 6) is 0.541. The Morgan fingerprint density at radius 2 is 2.07 bits per heavy atom. The summed E-state index contributed by atoms with van der Waals surface area (Å²) < 4.78 is 25.8. The molecule has 144 valence electrons. The zero-order valence-corrected chi connectivity index (χ0v) is 15.6. The first-order valence-electron chi connectivity index (χ1n) is 9.48. The predicted octanol–water partition coefficient (Wildman–Crippen LogP) is 4.16. The molecule has 1 aromatic carbocycles. The van der Waals surface area contributed by atoms with E-state index in [1.165, 1.54) is 31.3 Å². The standard InChI is InChI=1S/C20H24F2N4O/c1-12-10-20(5-6-20)7-8-26(12)19(27)13(2)25-18-15-4-3-14(17(21)22)9-16(15)23-11-24-18/h3-4,9,11-13,17H,5-8,10H2,1-2H3,(H,23,24,25)/t12-,13-/m1/s1. The number of aromatic nitrogens is 2. The van der Waals surface area contributed by atoms with E-state index in [-0.39, 0.29) is 17.5 Å². The number of nitrogens with one attached hydrogen (secondary N) is 1. The van der Waals surface area contributed by atoms with Crippen molar-refractivity contribution < 1.29 is 13.6 Å². The number of hydrogen-bond donors (Lipinski definition) is 1. The van der Waals surface area contributed by atoms with E-state index in [2.05, 4.69) is 22.2 Å². The quantitative estimate of drug-likeness (QED) is 0.873. The summed E-state index contributed by atoms with van der Waals surface area (Å²) in [5, 5.41) is 3.79. The number of alkyl halides is 2. The molecule has 2 fully saturated rings. The zero-order valence-electron chi connectivity index (χ0n) is 15.6. The minimum Gasteiger partial charge on any atom is -0.358 e. The van der Waals surface area contributed by atoms with Crippen molar-refractivity contribution in [3.63, 3.8) is 0 Å². The molecule has 2 aliphatic rings. The van der Waals surface area contributed by atoms with E-state index in [9.17, 15) is 13.6 Å². The van der Waals surface area contributed by atoms with Crippen molar-refractivity contribution in [1.82, 2.24) is 14.9 Å². The van der Waals surface area contributed by atoms with Gasteiger partial charge in [0.1, 0.15) is 18.2 Å².